The molecule has 1 aliphatic heterocycles. The first-order chi connectivity index (χ1) is 7.15. The van der Waals surface area contributed by atoms with Crippen molar-refractivity contribution in [3.63, 3.8) is 0 Å². The summed E-state index contributed by atoms with van der Waals surface area (Å²) in [7, 11) is 0. The number of ether oxygens (including phenoxy) is 1. The van der Waals surface area contributed by atoms with Crippen LogP contribution in [0.25, 0.3) is 0 Å². The molecule has 5 heteroatoms. The van der Waals surface area contributed by atoms with Crippen molar-refractivity contribution in [2.45, 2.75) is 32.7 Å². The number of rotatable bonds is 3. The van der Waals surface area contributed by atoms with Crippen molar-refractivity contribution in [2.75, 3.05) is 13.2 Å². The smallest absolute Gasteiger partial charge is 0.424 e. The first kappa shape index (κ1) is 11.8. The molecule has 1 aliphatic rings. The minimum atomic E-state index is -0.374. The third kappa shape index (κ3) is 3.40. The molecule has 84 valence electrons. The van der Waals surface area contributed by atoms with Crippen LogP contribution in [0.5, 0.6) is 0 Å². The Bertz CT molecular complexity index is 260. The molecule has 1 unspecified atom stereocenters. The number of nitrogens with zero attached hydrogens (tertiary/aromatic N) is 2. The summed E-state index contributed by atoms with van der Waals surface area (Å²) in [6.45, 7) is 5.11. The fraction of sp³-hybridized carbons (Fsp3) is 0.800. The zero-order valence-electron chi connectivity index (χ0n) is 9.19. The number of carbonyl (C=O) groups excluding carboxylic acids is 1. The molecule has 1 N–H and O–H groups in total. The van der Waals surface area contributed by atoms with E-state index in [-0.39, 0.29) is 12.1 Å². The molecule has 15 heavy (non-hydrogen) atoms. The van der Waals surface area contributed by atoms with E-state index < -0.39 is 0 Å². The van der Waals surface area contributed by atoms with Gasteiger partial charge in [-0.25, -0.2) is 15.2 Å². The zero-order chi connectivity index (χ0) is 11.3. The highest BCUT2D eigenvalue weighted by Gasteiger charge is 2.29. The lowest BCUT2D eigenvalue weighted by molar-refractivity contribution is 0.0730. The Labute approximate surface area is 90.0 Å². The maximum absolute atomic E-state index is 11.6. The van der Waals surface area contributed by atoms with Crippen LogP contribution in [-0.2, 0) is 4.74 Å². The van der Waals surface area contributed by atoms with Crippen molar-refractivity contribution >= 4 is 6.09 Å². The Morgan fingerprint density at radius 2 is 2.47 bits per heavy atom. The van der Waals surface area contributed by atoms with E-state index in [0.717, 1.165) is 13.0 Å². The monoisotopic (exact) mass is 211 g/mol. The Kier molecular flexibility index (Phi) is 4.37. The molecule has 1 heterocycles. The van der Waals surface area contributed by atoms with Gasteiger partial charge in [0.05, 0.1) is 25.1 Å². The quantitative estimate of drug-likeness (QED) is 0.763. The topological polar surface area (TPSA) is 65.4 Å². The molecule has 0 aromatic carbocycles. The van der Waals surface area contributed by atoms with Gasteiger partial charge in [0.15, 0.2) is 0 Å². The van der Waals surface area contributed by atoms with E-state index in [1.165, 1.54) is 5.01 Å². The lowest BCUT2D eigenvalue weighted by Crippen LogP contribution is -2.42. The number of carbonyl (C=O) groups is 1. The van der Waals surface area contributed by atoms with Crippen molar-refractivity contribution < 1.29 is 9.53 Å². The van der Waals surface area contributed by atoms with Gasteiger partial charge in [0.2, 0.25) is 0 Å². The lowest BCUT2D eigenvalue weighted by Gasteiger charge is -2.22. The largest absolute Gasteiger partial charge is 0.448 e. The number of nitrogens with one attached hydrogen (secondary N) is 1. The van der Waals surface area contributed by atoms with Gasteiger partial charge >= 0.3 is 6.09 Å². The van der Waals surface area contributed by atoms with Crippen LogP contribution >= 0.6 is 0 Å². The number of amides is 1. The van der Waals surface area contributed by atoms with Crippen LogP contribution in [0.1, 0.15) is 26.7 Å². The standard InChI is InChI=1S/C10H17N3O2/c1-8(2)7-15-10(14)13-9(3-5-11)4-6-12-13/h8-9,12H,3-4,6-7H2,1-2H3. The maximum atomic E-state index is 11.6. The summed E-state index contributed by atoms with van der Waals surface area (Å²) in [5, 5.41) is 10.0. The Morgan fingerprint density at radius 3 is 3.07 bits per heavy atom. The summed E-state index contributed by atoms with van der Waals surface area (Å²) >= 11 is 0. The molecule has 0 aromatic heterocycles. The fourth-order valence-electron chi connectivity index (χ4n) is 1.43. The van der Waals surface area contributed by atoms with Gasteiger partial charge in [-0.05, 0) is 12.3 Å². The van der Waals surface area contributed by atoms with Crippen LogP contribution in [0.2, 0.25) is 0 Å². The minimum Gasteiger partial charge on any atom is -0.448 e. The molecule has 5 nitrogen and oxygen atoms in total. The Balaban J connectivity index is 2.41. The van der Waals surface area contributed by atoms with Gasteiger partial charge < -0.3 is 4.74 Å². The molecule has 0 aromatic rings. The van der Waals surface area contributed by atoms with E-state index in [9.17, 15) is 4.79 Å². The third-order valence-corrected chi connectivity index (χ3v) is 2.19. The van der Waals surface area contributed by atoms with Gasteiger partial charge in [0.1, 0.15) is 0 Å². The van der Waals surface area contributed by atoms with Gasteiger partial charge in [0.25, 0.3) is 0 Å². The normalized spacial score (nSPS) is 20.4. The molecular weight excluding hydrogens is 194 g/mol. The molecule has 1 amide bonds. The van der Waals surface area contributed by atoms with Crippen molar-refractivity contribution in [2.24, 2.45) is 5.92 Å². The third-order valence-electron chi connectivity index (χ3n) is 2.19. The van der Waals surface area contributed by atoms with Crippen LogP contribution in [0.4, 0.5) is 4.79 Å². The van der Waals surface area contributed by atoms with Crippen LogP contribution in [0, 0.1) is 17.2 Å². The number of hydrogen-bond donors (Lipinski definition) is 1. The molecule has 1 saturated heterocycles. The number of hydrazine groups is 1. The lowest BCUT2D eigenvalue weighted by atomic mass is 10.2. The summed E-state index contributed by atoms with van der Waals surface area (Å²) in [4.78, 5) is 11.6. The Morgan fingerprint density at radius 1 is 1.73 bits per heavy atom. The molecule has 1 rings (SSSR count). The summed E-state index contributed by atoms with van der Waals surface area (Å²) in [5.41, 5.74) is 2.92. The highest BCUT2D eigenvalue weighted by molar-refractivity contribution is 5.67. The van der Waals surface area contributed by atoms with Gasteiger partial charge in [-0.3, -0.25) is 0 Å². The molecule has 0 saturated carbocycles. The predicted molar refractivity (Wildman–Crippen MR) is 54.7 cm³/mol. The summed E-state index contributed by atoms with van der Waals surface area (Å²) in [6, 6.07) is 2.02. The van der Waals surface area contributed by atoms with E-state index in [0.29, 0.717) is 18.9 Å². The van der Waals surface area contributed by atoms with Crippen molar-refractivity contribution in [1.82, 2.24) is 10.4 Å². The van der Waals surface area contributed by atoms with Gasteiger partial charge in [0, 0.05) is 6.54 Å². The summed E-state index contributed by atoms with van der Waals surface area (Å²) < 4.78 is 5.08. The van der Waals surface area contributed by atoms with Gasteiger partial charge in [-0.1, -0.05) is 13.8 Å². The summed E-state index contributed by atoms with van der Waals surface area (Å²) in [5.74, 6) is 0.325. The highest BCUT2D eigenvalue weighted by atomic mass is 16.6. The van der Waals surface area contributed by atoms with Crippen molar-refractivity contribution in [3.05, 3.63) is 0 Å². The zero-order valence-corrected chi connectivity index (χ0v) is 9.19. The maximum Gasteiger partial charge on any atom is 0.424 e. The van der Waals surface area contributed by atoms with E-state index in [2.05, 4.69) is 11.5 Å². The highest BCUT2D eigenvalue weighted by Crippen LogP contribution is 2.13. The number of hydrogen-bond acceptors (Lipinski definition) is 4. The number of nitriles is 1. The average molecular weight is 211 g/mol. The van der Waals surface area contributed by atoms with E-state index in [4.69, 9.17) is 10.00 Å². The Hall–Kier alpha value is -1.28. The van der Waals surface area contributed by atoms with Crippen LogP contribution < -0.4 is 5.43 Å². The SMILES string of the molecule is CC(C)COC(=O)N1NCCC1CC#N. The van der Waals surface area contributed by atoms with Gasteiger partial charge in [-0.15, -0.1) is 0 Å². The van der Waals surface area contributed by atoms with Gasteiger partial charge in [-0.2, -0.15) is 5.26 Å². The van der Waals surface area contributed by atoms with Crippen LogP contribution in [-0.4, -0.2) is 30.3 Å². The first-order valence-corrected chi connectivity index (χ1v) is 5.21. The van der Waals surface area contributed by atoms with E-state index in [1.807, 2.05) is 13.8 Å². The van der Waals surface area contributed by atoms with Crippen LogP contribution in [0.3, 0.4) is 0 Å². The second-order valence-electron chi connectivity index (χ2n) is 4.05. The van der Waals surface area contributed by atoms with E-state index >= 15 is 0 Å². The molecule has 0 aliphatic carbocycles. The summed E-state index contributed by atoms with van der Waals surface area (Å²) in [6.07, 6.45) is 0.787. The second-order valence-corrected chi connectivity index (χ2v) is 4.05. The first-order valence-electron chi connectivity index (χ1n) is 5.21. The van der Waals surface area contributed by atoms with E-state index in [1.54, 1.807) is 0 Å². The molecular formula is C10H17N3O2. The van der Waals surface area contributed by atoms with Crippen molar-refractivity contribution in [1.29, 1.82) is 5.26 Å². The molecule has 1 fully saturated rings. The average Bonchev–Trinajstić information content (AvgIpc) is 2.63. The second kappa shape index (κ2) is 5.56. The molecule has 0 bridgehead atoms. The fourth-order valence-corrected chi connectivity index (χ4v) is 1.43. The molecule has 0 radical (unpaired) electrons. The molecule has 1 atom stereocenters. The van der Waals surface area contributed by atoms with Crippen molar-refractivity contribution in [3.8, 4) is 6.07 Å². The minimum absolute atomic E-state index is 0.0466. The predicted octanol–water partition coefficient (Wildman–Crippen LogP) is 1.27. The van der Waals surface area contributed by atoms with Crippen LogP contribution in [0.15, 0.2) is 0 Å². The molecule has 0 spiro atoms.